The van der Waals surface area contributed by atoms with Gasteiger partial charge in [-0.15, -0.1) is 0 Å². The number of nitrogen functional groups attached to an aromatic ring is 1. The van der Waals surface area contributed by atoms with E-state index in [4.69, 9.17) is 15.2 Å². The molecule has 0 atom stereocenters. The molecule has 26 heavy (non-hydrogen) atoms. The van der Waals surface area contributed by atoms with Crippen molar-refractivity contribution >= 4 is 11.5 Å². The summed E-state index contributed by atoms with van der Waals surface area (Å²) in [5, 5.41) is 3.13. The van der Waals surface area contributed by atoms with Crippen LogP contribution in [0.4, 0.5) is 11.5 Å². The van der Waals surface area contributed by atoms with E-state index in [1.165, 1.54) is 25.9 Å². The zero-order chi connectivity index (χ0) is 18.4. The molecule has 0 aliphatic carbocycles. The highest BCUT2D eigenvalue weighted by molar-refractivity contribution is 5.84. The molecule has 1 aliphatic rings. The summed E-state index contributed by atoms with van der Waals surface area (Å²) in [6.07, 6.45) is 6.93. The second-order valence-corrected chi connectivity index (χ2v) is 6.34. The Kier molecular flexibility index (Phi) is 6.12. The third kappa shape index (κ3) is 4.16. The molecule has 7 heteroatoms. The first-order valence-electron chi connectivity index (χ1n) is 9.04. The van der Waals surface area contributed by atoms with Crippen molar-refractivity contribution < 1.29 is 9.47 Å². The number of anilines is 2. The van der Waals surface area contributed by atoms with Crippen LogP contribution in [0.25, 0.3) is 11.3 Å². The SMILES string of the molecule is CNc1ccnc(N)c1-c1cc(OCCCN2CCCC2)c(OC)cn1. The highest BCUT2D eigenvalue weighted by atomic mass is 16.5. The van der Waals surface area contributed by atoms with E-state index >= 15 is 0 Å². The van der Waals surface area contributed by atoms with Gasteiger partial charge in [-0.2, -0.15) is 0 Å². The monoisotopic (exact) mass is 357 g/mol. The zero-order valence-corrected chi connectivity index (χ0v) is 15.5. The van der Waals surface area contributed by atoms with Crippen LogP contribution in [0.15, 0.2) is 24.5 Å². The molecule has 3 rings (SSSR count). The Bertz CT molecular complexity index is 732. The number of aromatic nitrogens is 2. The Balaban J connectivity index is 1.74. The Morgan fingerprint density at radius 1 is 1.23 bits per heavy atom. The fraction of sp³-hybridized carbons (Fsp3) is 0.474. The summed E-state index contributed by atoms with van der Waals surface area (Å²) in [4.78, 5) is 11.1. The minimum atomic E-state index is 0.425. The summed E-state index contributed by atoms with van der Waals surface area (Å²) in [7, 11) is 3.46. The van der Waals surface area contributed by atoms with Gasteiger partial charge in [-0.1, -0.05) is 0 Å². The molecule has 0 amide bonds. The molecule has 2 aromatic heterocycles. The quantitative estimate of drug-likeness (QED) is 0.702. The van der Waals surface area contributed by atoms with Crippen molar-refractivity contribution in [2.24, 2.45) is 0 Å². The maximum Gasteiger partial charge on any atom is 0.179 e. The number of methoxy groups -OCH3 is 1. The molecule has 1 aliphatic heterocycles. The van der Waals surface area contributed by atoms with Gasteiger partial charge in [0.15, 0.2) is 11.5 Å². The van der Waals surface area contributed by atoms with Crippen LogP contribution in [0, 0.1) is 0 Å². The number of hydrogen-bond acceptors (Lipinski definition) is 7. The van der Waals surface area contributed by atoms with Gasteiger partial charge in [0.05, 0.1) is 31.2 Å². The molecule has 0 bridgehead atoms. The van der Waals surface area contributed by atoms with Crippen molar-refractivity contribution in [1.82, 2.24) is 14.9 Å². The Morgan fingerprint density at radius 3 is 2.77 bits per heavy atom. The second kappa shape index (κ2) is 8.71. The molecule has 1 fully saturated rings. The van der Waals surface area contributed by atoms with Crippen LogP contribution in [0.3, 0.4) is 0 Å². The fourth-order valence-electron chi connectivity index (χ4n) is 3.26. The largest absolute Gasteiger partial charge is 0.491 e. The number of pyridine rings is 2. The average molecular weight is 357 g/mol. The van der Waals surface area contributed by atoms with Crippen molar-refractivity contribution in [3.63, 3.8) is 0 Å². The van der Waals surface area contributed by atoms with Crippen LogP contribution in [0.5, 0.6) is 11.5 Å². The van der Waals surface area contributed by atoms with Gasteiger partial charge in [0.1, 0.15) is 5.82 Å². The van der Waals surface area contributed by atoms with E-state index in [9.17, 15) is 0 Å². The van der Waals surface area contributed by atoms with Gasteiger partial charge in [0.25, 0.3) is 0 Å². The molecule has 0 radical (unpaired) electrons. The molecule has 3 N–H and O–H groups in total. The van der Waals surface area contributed by atoms with Crippen LogP contribution < -0.4 is 20.5 Å². The first kappa shape index (κ1) is 18.3. The van der Waals surface area contributed by atoms with Gasteiger partial charge >= 0.3 is 0 Å². The highest BCUT2D eigenvalue weighted by Crippen LogP contribution is 2.35. The molecule has 7 nitrogen and oxygen atoms in total. The number of nitrogens with two attached hydrogens (primary N) is 1. The Labute approximate surface area is 154 Å². The molecule has 0 unspecified atom stereocenters. The third-order valence-corrected chi connectivity index (χ3v) is 4.63. The maximum absolute atomic E-state index is 6.07. The maximum atomic E-state index is 6.07. The predicted molar refractivity (Wildman–Crippen MR) is 104 cm³/mol. The number of nitrogens with zero attached hydrogens (tertiary/aromatic N) is 3. The first-order chi connectivity index (χ1) is 12.7. The number of rotatable bonds is 8. The summed E-state index contributed by atoms with van der Waals surface area (Å²) in [5.41, 5.74) is 8.41. The third-order valence-electron chi connectivity index (χ3n) is 4.63. The van der Waals surface area contributed by atoms with Crippen molar-refractivity contribution in [3.05, 3.63) is 24.5 Å². The smallest absolute Gasteiger partial charge is 0.179 e. The summed E-state index contributed by atoms with van der Waals surface area (Å²) in [6, 6.07) is 3.73. The normalized spacial score (nSPS) is 14.4. The summed E-state index contributed by atoms with van der Waals surface area (Å²) in [5.74, 6) is 1.71. The number of hydrogen-bond donors (Lipinski definition) is 2. The topological polar surface area (TPSA) is 85.5 Å². The van der Waals surface area contributed by atoms with Crippen LogP contribution in [-0.4, -0.2) is 55.3 Å². The molecular weight excluding hydrogens is 330 g/mol. The standard InChI is InChI=1S/C19H27N5O2/c1-21-14-6-7-22-19(20)18(14)15-12-16(17(25-2)13-23-15)26-11-5-10-24-8-3-4-9-24/h6-7,12-13H,3-5,8-11H2,1-2H3,(H3,20,21,22). The Hall–Kier alpha value is -2.54. The van der Waals surface area contributed by atoms with E-state index in [0.29, 0.717) is 29.6 Å². The zero-order valence-electron chi connectivity index (χ0n) is 15.5. The molecule has 0 saturated carbocycles. The number of ether oxygens (including phenoxy) is 2. The molecule has 3 heterocycles. The number of nitrogens with one attached hydrogen (secondary N) is 1. The molecule has 0 aromatic carbocycles. The average Bonchev–Trinajstić information content (AvgIpc) is 3.18. The van der Waals surface area contributed by atoms with E-state index in [0.717, 1.165) is 24.2 Å². The molecule has 0 spiro atoms. The first-order valence-corrected chi connectivity index (χ1v) is 9.04. The van der Waals surface area contributed by atoms with Crippen LogP contribution in [-0.2, 0) is 0 Å². The van der Waals surface area contributed by atoms with Crippen molar-refractivity contribution in [1.29, 1.82) is 0 Å². The van der Waals surface area contributed by atoms with Crippen LogP contribution in [0.1, 0.15) is 19.3 Å². The minimum Gasteiger partial charge on any atom is -0.491 e. The molecule has 1 saturated heterocycles. The molecule has 2 aromatic rings. The molecule has 140 valence electrons. The number of likely N-dealkylation sites (tertiary alicyclic amines) is 1. The van der Waals surface area contributed by atoms with Gasteiger partial charge in [0.2, 0.25) is 0 Å². The van der Waals surface area contributed by atoms with E-state index < -0.39 is 0 Å². The van der Waals surface area contributed by atoms with Crippen molar-refractivity contribution in [3.8, 4) is 22.8 Å². The van der Waals surface area contributed by atoms with E-state index in [1.54, 1.807) is 19.5 Å². The van der Waals surface area contributed by atoms with Gasteiger partial charge in [-0.3, -0.25) is 4.98 Å². The lowest BCUT2D eigenvalue weighted by atomic mass is 10.1. The van der Waals surface area contributed by atoms with E-state index in [-0.39, 0.29) is 0 Å². The Morgan fingerprint density at radius 2 is 2.04 bits per heavy atom. The lowest BCUT2D eigenvalue weighted by molar-refractivity contribution is 0.254. The van der Waals surface area contributed by atoms with Crippen LogP contribution >= 0.6 is 0 Å². The molecular formula is C19H27N5O2. The minimum absolute atomic E-state index is 0.425. The summed E-state index contributed by atoms with van der Waals surface area (Å²) in [6.45, 7) is 4.11. The lowest BCUT2D eigenvalue weighted by Gasteiger charge is -2.16. The van der Waals surface area contributed by atoms with Gasteiger partial charge in [-0.25, -0.2) is 4.98 Å². The van der Waals surface area contributed by atoms with Crippen molar-refractivity contribution in [2.45, 2.75) is 19.3 Å². The van der Waals surface area contributed by atoms with Gasteiger partial charge in [0, 0.05) is 31.5 Å². The van der Waals surface area contributed by atoms with Gasteiger partial charge in [-0.05, 0) is 38.4 Å². The second-order valence-electron chi connectivity index (χ2n) is 6.34. The predicted octanol–water partition coefficient (Wildman–Crippen LogP) is 2.64. The lowest BCUT2D eigenvalue weighted by Crippen LogP contribution is -2.21. The van der Waals surface area contributed by atoms with Crippen LogP contribution in [0.2, 0.25) is 0 Å². The fourth-order valence-corrected chi connectivity index (χ4v) is 3.26. The van der Waals surface area contributed by atoms with E-state index in [2.05, 4.69) is 20.2 Å². The summed E-state index contributed by atoms with van der Waals surface area (Å²) < 4.78 is 11.4. The van der Waals surface area contributed by atoms with Crippen molar-refractivity contribution in [2.75, 3.05) is 51.4 Å². The highest BCUT2D eigenvalue weighted by Gasteiger charge is 2.15. The van der Waals surface area contributed by atoms with E-state index in [1.807, 2.05) is 19.2 Å². The summed E-state index contributed by atoms with van der Waals surface area (Å²) >= 11 is 0. The van der Waals surface area contributed by atoms with Gasteiger partial charge < -0.3 is 25.4 Å².